The van der Waals surface area contributed by atoms with Crippen LogP contribution in [0, 0.1) is 6.92 Å². The van der Waals surface area contributed by atoms with Gasteiger partial charge in [-0.2, -0.15) is 0 Å². The molecule has 27 heavy (non-hydrogen) atoms. The molecule has 0 atom stereocenters. The molecule has 2 N–H and O–H groups in total. The highest BCUT2D eigenvalue weighted by molar-refractivity contribution is 6.40. The molecular weight excluding hydrogens is 344 g/mol. The third-order valence-corrected chi connectivity index (χ3v) is 3.97. The van der Waals surface area contributed by atoms with Gasteiger partial charge in [-0.25, -0.2) is 0 Å². The molecule has 1 heterocycles. The molecule has 2 aromatic carbocycles. The van der Waals surface area contributed by atoms with Gasteiger partial charge in [-0.1, -0.05) is 42.0 Å². The van der Waals surface area contributed by atoms with E-state index in [9.17, 15) is 14.7 Å². The number of aromatic nitrogens is 1. The minimum Gasteiger partial charge on any atom is -0.493 e. The van der Waals surface area contributed by atoms with Gasteiger partial charge in [0.1, 0.15) is 0 Å². The van der Waals surface area contributed by atoms with Crippen molar-refractivity contribution in [3.63, 3.8) is 0 Å². The summed E-state index contributed by atoms with van der Waals surface area (Å²) in [5, 5.41) is 20.8. The van der Waals surface area contributed by atoms with Crippen LogP contribution in [0.25, 0.3) is 10.9 Å². The van der Waals surface area contributed by atoms with Crippen molar-refractivity contribution >= 4 is 34.1 Å². The molecule has 0 bridgehead atoms. The first kappa shape index (κ1) is 18.1. The van der Waals surface area contributed by atoms with E-state index in [-0.39, 0.29) is 11.6 Å². The Morgan fingerprint density at radius 2 is 1.89 bits per heavy atom. The number of carbonyl (C=O) groups excluding carboxylic acids is 2. The molecule has 0 saturated heterocycles. The van der Waals surface area contributed by atoms with Gasteiger partial charge in [-0.15, -0.1) is 16.8 Å². The minimum atomic E-state index is -1.06. The van der Waals surface area contributed by atoms with E-state index in [0.29, 0.717) is 17.6 Å². The Balaban J connectivity index is 1.84. The average Bonchev–Trinajstić information content (AvgIpc) is 2.93. The summed E-state index contributed by atoms with van der Waals surface area (Å²) in [4.78, 5) is 24.0. The van der Waals surface area contributed by atoms with Crippen LogP contribution < -0.4 is 5.32 Å². The van der Waals surface area contributed by atoms with Crippen LogP contribution in [0.2, 0.25) is 0 Å². The van der Waals surface area contributed by atoms with E-state index in [4.69, 9.17) is 0 Å². The number of fused-ring (bicyclic) bond motifs is 1. The average molecular weight is 362 g/mol. The summed E-state index contributed by atoms with van der Waals surface area (Å²) in [7, 11) is 0. The van der Waals surface area contributed by atoms with E-state index in [2.05, 4.69) is 22.1 Å². The third kappa shape index (κ3) is 3.77. The summed E-state index contributed by atoms with van der Waals surface area (Å²) in [5.74, 6) is -2.11. The number of amides is 2. The Hall–Kier alpha value is -3.74. The van der Waals surface area contributed by atoms with E-state index in [0.717, 1.165) is 11.1 Å². The SMILES string of the molecule is C=CCn1c(O)c(N=NC(=O)C(=O)Nc2ccc(C)cc2)c2ccccc21. The fourth-order valence-corrected chi connectivity index (χ4v) is 2.65. The van der Waals surface area contributed by atoms with Crippen LogP contribution in [0.5, 0.6) is 5.88 Å². The van der Waals surface area contributed by atoms with Crippen molar-refractivity contribution in [2.45, 2.75) is 13.5 Å². The second-order valence-electron chi connectivity index (χ2n) is 5.91. The second kappa shape index (κ2) is 7.65. The number of hydrogen-bond acceptors (Lipinski definition) is 4. The van der Waals surface area contributed by atoms with Gasteiger partial charge in [-0.3, -0.25) is 9.59 Å². The Labute approximate surface area is 155 Å². The zero-order valence-electron chi connectivity index (χ0n) is 14.7. The van der Waals surface area contributed by atoms with Crippen LogP contribution in [0.3, 0.4) is 0 Å². The summed E-state index contributed by atoms with van der Waals surface area (Å²) < 4.78 is 1.59. The van der Waals surface area contributed by atoms with Crippen LogP contribution in [-0.2, 0) is 16.1 Å². The van der Waals surface area contributed by atoms with Gasteiger partial charge in [0.25, 0.3) is 0 Å². The number of hydrogen-bond donors (Lipinski definition) is 2. The standard InChI is InChI=1S/C20H18N4O3/c1-3-12-24-16-7-5-4-6-15(16)17(20(24)27)22-23-19(26)18(25)21-14-10-8-13(2)9-11-14/h3-11,27H,1,12H2,2H3,(H,21,25). The van der Waals surface area contributed by atoms with Crippen LogP contribution in [0.15, 0.2) is 71.4 Å². The van der Waals surface area contributed by atoms with Gasteiger partial charge >= 0.3 is 11.8 Å². The highest BCUT2D eigenvalue weighted by Crippen LogP contribution is 2.38. The van der Waals surface area contributed by atoms with Crippen molar-refractivity contribution in [2.24, 2.45) is 10.2 Å². The molecule has 2 amide bonds. The largest absolute Gasteiger partial charge is 0.493 e. The number of aromatic hydroxyl groups is 1. The highest BCUT2D eigenvalue weighted by Gasteiger charge is 2.18. The molecule has 0 radical (unpaired) electrons. The second-order valence-corrected chi connectivity index (χ2v) is 5.91. The van der Waals surface area contributed by atoms with E-state index in [1.807, 2.05) is 31.2 Å². The molecule has 7 nitrogen and oxygen atoms in total. The van der Waals surface area contributed by atoms with Crippen LogP contribution in [0.4, 0.5) is 11.4 Å². The number of allylic oxidation sites excluding steroid dienone is 1. The first-order valence-corrected chi connectivity index (χ1v) is 8.26. The van der Waals surface area contributed by atoms with E-state index in [1.165, 1.54) is 0 Å². The predicted molar refractivity (Wildman–Crippen MR) is 103 cm³/mol. The molecule has 0 spiro atoms. The molecule has 0 unspecified atom stereocenters. The molecule has 0 aliphatic carbocycles. The number of anilines is 1. The Bertz CT molecular complexity index is 1050. The zero-order valence-corrected chi connectivity index (χ0v) is 14.7. The lowest BCUT2D eigenvalue weighted by Crippen LogP contribution is -2.20. The highest BCUT2D eigenvalue weighted by atomic mass is 16.3. The van der Waals surface area contributed by atoms with Gasteiger partial charge in [0, 0.05) is 17.6 Å². The Morgan fingerprint density at radius 1 is 1.19 bits per heavy atom. The molecule has 136 valence electrons. The Kier molecular flexibility index (Phi) is 5.12. The van der Waals surface area contributed by atoms with Gasteiger partial charge < -0.3 is 15.0 Å². The number of carbonyl (C=O) groups is 2. The van der Waals surface area contributed by atoms with Crippen LogP contribution in [0.1, 0.15) is 5.56 Å². The monoisotopic (exact) mass is 362 g/mol. The lowest BCUT2D eigenvalue weighted by atomic mass is 10.2. The van der Waals surface area contributed by atoms with E-state index < -0.39 is 11.8 Å². The van der Waals surface area contributed by atoms with Crippen LogP contribution >= 0.6 is 0 Å². The molecular formula is C20H18N4O3. The number of nitrogens with zero attached hydrogens (tertiary/aromatic N) is 3. The summed E-state index contributed by atoms with van der Waals surface area (Å²) in [6.07, 6.45) is 1.63. The van der Waals surface area contributed by atoms with E-state index >= 15 is 0 Å². The smallest absolute Gasteiger partial charge is 0.353 e. The number of rotatable bonds is 4. The summed E-state index contributed by atoms with van der Waals surface area (Å²) in [6.45, 7) is 5.94. The van der Waals surface area contributed by atoms with Gasteiger partial charge in [-0.05, 0) is 25.1 Å². The van der Waals surface area contributed by atoms with Gasteiger partial charge in [0.15, 0.2) is 5.69 Å². The van der Waals surface area contributed by atoms with Crippen molar-refractivity contribution in [3.8, 4) is 5.88 Å². The van der Waals surface area contributed by atoms with Crippen molar-refractivity contribution in [1.82, 2.24) is 4.57 Å². The van der Waals surface area contributed by atoms with Crippen molar-refractivity contribution in [3.05, 3.63) is 66.7 Å². The molecule has 7 heteroatoms. The maximum atomic E-state index is 12.0. The molecule has 0 fully saturated rings. The zero-order chi connectivity index (χ0) is 19.4. The van der Waals surface area contributed by atoms with Crippen molar-refractivity contribution in [2.75, 3.05) is 5.32 Å². The summed E-state index contributed by atoms with van der Waals surface area (Å²) in [6, 6.07) is 14.2. The molecule has 3 rings (SSSR count). The third-order valence-electron chi connectivity index (χ3n) is 3.97. The number of para-hydroxylation sites is 1. The normalized spacial score (nSPS) is 11.0. The molecule has 0 aliphatic rings. The molecule has 3 aromatic rings. The van der Waals surface area contributed by atoms with E-state index in [1.54, 1.807) is 34.9 Å². The molecule has 1 aromatic heterocycles. The quantitative estimate of drug-likeness (QED) is 0.416. The lowest BCUT2D eigenvalue weighted by molar-refractivity contribution is -0.134. The number of azo groups is 1. The fourth-order valence-electron chi connectivity index (χ4n) is 2.65. The van der Waals surface area contributed by atoms with Gasteiger partial charge in [0.05, 0.1) is 5.52 Å². The van der Waals surface area contributed by atoms with Gasteiger partial charge in [0.2, 0.25) is 5.88 Å². The minimum absolute atomic E-state index is 0.129. The molecule has 0 aliphatic heterocycles. The van der Waals surface area contributed by atoms with Crippen molar-refractivity contribution < 1.29 is 14.7 Å². The first-order chi connectivity index (χ1) is 13.0. The van der Waals surface area contributed by atoms with Crippen molar-refractivity contribution in [1.29, 1.82) is 0 Å². The summed E-state index contributed by atoms with van der Waals surface area (Å²) in [5.41, 5.74) is 2.37. The first-order valence-electron chi connectivity index (χ1n) is 8.26. The lowest BCUT2D eigenvalue weighted by Gasteiger charge is -2.02. The number of nitrogens with one attached hydrogen (secondary N) is 1. The summed E-state index contributed by atoms with van der Waals surface area (Å²) >= 11 is 0. The topological polar surface area (TPSA) is 96.0 Å². The fraction of sp³-hybridized carbons (Fsp3) is 0.100. The van der Waals surface area contributed by atoms with Crippen LogP contribution in [-0.4, -0.2) is 21.5 Å². The number of aryl methyl sites for hydroxylation is 1. The molecule has 0 saturated carbocycles. The predicted octanol–water partition coefficient (Wildman–Crippen LogP) is 4.09. The maximum absolute atomic E-state index is 12.0. The number of benzene rings is 2. The maximum Gasteiger partial charge on any atom is 0.353 e. The Morgan fingerprint density at radius 3 is 2.59 bits per heavy atom.